The minimum absolute atomic E-state index is 0.216. The fourth-order valence-corrected chi connectivity index (χ4v) is 5.16. The molecule has 1 aliphatic heterocycles. The summed E-state index contributed by atoms with van der Waals surface area (Å²) in [4.78, 5) is 46.3. The molecule has 0 aliphatic carbocycles. The lowest BCUT2D eigenvalue weighted by Crippen LogP contribution is -2.33. The van der Waals surface area contributed by atoms with Crippen LogP contribution < -0.4 is 5.73 Å². The molecular formula is C9H15N2O15P3. The molecule has 1 fully saturated rings. The minimum atomic E-state index is -5.71. The van der Waals surface area contributed by atoms with E-state index in [4.69, 9.17) is 29.7 Å². The van der Waals surface area contributed by atoms with Crippen molar-refractivity contribution in [3.63, 3.8) is 0 Å². The maximum Gasteiger partial charge on any atom is 0.490 e. The largest absolute Gasteiger partial charge is 0.490 e. The Balaban J connectivity index is 2.01. The topological polar surface area (TPSA) is 279 Å². The molecule has 1 aromatic heterocycles. The third-order valence-corrected chi connectivity index (χ3v) is 7.04. The Labute approximate surface area is 160 Å². The maximum atomic E-state index is 11.7. The number of nitrogens with zero attached hydrogens (tertiary/aromatic N) is 1. The first-order valence-corrected chi connectivity index (χ1v) is 11.7. The second-order valence-corrected chi connectivity index (χ2v) is 9.86. The summed E-state index contributed by atoms with van der Waals surface area (Å²) in [6, 6.07) is 1.02. The van der Waals surface area contributed by atoms with E-state index in [2.05, 4.69) is 18.3 Å². The fraction of sp³-hybridized carbons (Fsp3) is 0.556. The number of hydrogen-bond donors (Lipinski definition) is 7. The van der Waals surface area contributed by atoms with Crippen LogP contribution in [0.3, 0.4) is 0 Å². The first-order valence-electron chi connectivity index (χ1n) is 7.16. The van der Waals surface area contributed by atoms with Crippen LogP contribution in [0.5, 0.6) is 0 Å². The van der Waals surface area contributed by atoms with Gasteiger partial charge in [-0.1, -0.05) is 5.16 Å². The van der Waals surface area contributed by atoms with E-state index in [1.807, 2.05) is 0 Å². The van der Waals surface area contributed by atoms with Gasteiger partial charge in [0, 0.05) is 6.07 Å². The van der Waals surface area contributed by atoms with E-state index >= 15 is 0 Å². The van der Waals surface area contributed by atoms with Gasteiger partial charge in [0.05, 0.1) is 6.61 Å². The first-order chi connectivity index (χ1) is 13.1. The Kier molecular flexibility index (Phi) is 7.20. The molecule has 1 amide bonds. The van der Waals surface area contributed by atoms with Crippen molar-refractivity contribution in [2.24, 2.45) is 5.73 Å². The van der Waals surface area contributed by atoms with Crippen molar-refractivity contribution in [3.8, 4) is 0 Å². The summed E-state index contributed by atoms with van der Waals surface area (Å²) >= 11 is 0. The van der Waals surface area contributed by atoms with Crippen molar-refractivity contribution in [2.75, 3.05) is 6.61 Å². The van der Waals surface area contributed by atoms with E-state index in [0.29, 0.717) is 0 Å². The molecule has 8 N–H and O–H groups in total. The molecule has 166 valence electrons. The van der Waals surface area contributed by atoms with Gasteiger partial charge >= 0.3 is 23.5 Å². The average molecular weight is 484 g/mol. The number of phosphoric ester groups is 1. The molecule has 2 unspecified atom stereocenters. The van der Waals surface area contributed by atoms with Gasteiger partial charge in [0.25, 0.3) is 5.91 Å². The number of amides is 1. The number of carbonyl (C=O) groups is 1. The zero-order valence-corrected chi connectivity index (χ0v) is 16.5. The van der Waals surface area contributed by atoms with Gasteiger partial charge in [-0.3, -0.25) is 9.32 Å². The number of aliphatic hydroxyl groups is 2. The highest BCUT2D eigenvalue weighted by atomic mass is 31.3. The maximum absolute atomic E-state index is 11.7. The van der Waals surface area contributed by atoms with Gasteiger partial charge in [-0.05, 0) is 0 Å². The van der Waals surface area contributed by atoms with Crippen LogP contribution in [0.4, 0.5) is 0 Å². The second kappa shape index (κ2) is 8.61. The molecule has 0 aromatic carbocycles. The van der Waals surface area contributed by atoms with Gasteiger partial charge in [0.1, 0.15) is 24.4 Å². The standard InChI is InChI=1S/C9H15N2O15P3/c10-9(14)3-1-4(24-11-3)8-7(13)6(12)5(23-8)2-22-28(18,19)26-29(20,21)25-27(15,16)17/h1,5-8,12-13H,2H2,(H2,10,14)(H,18,19)(H,20,21)(H2,15,16,17)/t5-,6-,7-,8+/m1/s1. The number of rotatable bonds is 9. The lowest BCUT2D eigenvalue weighted by molar-refractivity contribution is -0.0300. The van der Waals surface area contributed by atoms with Gasteiger partial charge in [0.2, 0.25) is 0 Å². The van der Waals surface area contributed by atoms with Crippen molar-refractivity contribution in [2.45, 2.75) is 24.4 Å². The molecule has 0 bridgehead atoms. The second-order valence-electron chi connectivity index (χ2n) is 5.44. The van der Waals surface area contributed by atoms with Crippen LogP contribution in [0.1, 0.15) is 22.4 Å². The first kappa shape index (κ1) is 24.2. The predicted octanol–water partition coefficient (Wildman–Crippen LogP) is -1.72. The smallest absolute Gasteiger partial charge is 0.387 e. The minimum Gasteiger partial charge on any atom is -0.387 e. The Morgan fingerprint density at radius 2 is 1.72 bits per heavy atom. The lowest BCUT2D eigenvalue weighted by Gasteiger charge is -2.19. The Bertz CT molecular complexity index is 895. The molecule has 29 heavy (non-hydrogen) atoms. The van der Waals surface area contributed by atoms with Crippen LogP contribution in [-0.2, 0) is 31.6 Å². The highest BCUT2D eigenvalue weighted by Crippen LogP contribution is 2.66. The van der Waals surface area contributed by atoms with Crippen molar-refractivity contribution in [3.05, 3.63) is 17.5 Å². The molecule has 17 nitrogen and oxygen atoms in total. The molecule has 1 aliphatic rings. The third kappa shape index (κ3) is 6.73. The zero-order chi connectivity index (χ0) is 22.2. The number of hydrogen-bond acceptors (Lipinski definition) is 12. The van der Waals surface area contributed by atoms with E-state index < -0.39 is 60.4 Å². The van der Waals surface area contributed by atoms with Crippen molar-refractivity contribution >= 4 is 29.4 Å². The highest BCUT2D eigenvalue weighted by molar-refractivity contribution is 7.66. The van der Waals surface area contributed by atoms with Crippen molar-refractivity contribution in [1.29, 1.82) is 0 Å². The van der Waals surface area contributed by atoms with Crippen LogP contribution in [0.25, 0.3) is 0 Å². The molecule has 1 saturated heterocycles. The number of phosphoric acid groups is 3. The van der Waals surface area contributed by atoms with E-state index in [9.17, 15) is 33.6 Å². The zero-order valence-electron chi connectivity index (χ0n) is 13.8. The molecular weight excluding hydrogens is 469 g/mol. The van der Waals surface area contributed by atoms with E-state index in [-0.39, 0.29) is 11.5 Å². The third-order valence-electron chi connectivity index (χ3n) is 3.24. The monoisotopic (exact) mass is 484 g/mol. The number of primary amides is 1. The number of ether oxygens (including phenoxy) is 1. The summed E-state index contributed by atoms with van der Waals surface area (Å²) in [6.45, 7) is -1.00. The summed E-state index contributed by atoms with van der Waals surface area (Å²) in [6.07, 6.45) is -6.30. The molecule has 2 rings (SSSR count). The van der Waals surface area contributed by atoms with Gasteiger partial charge in [-0.2, -0.15) is 8.62 Å². The Morgan fingerprint density at radius 3 is 2.24 bits per heavy atom. The molecule has 0 radical (unpaired) electrons. The summed E-state index contributed by atoms with van der Waals surface area (Å²) in [5, 5.41) is 23.2. The van der Waals surface area contributed by atoms with Crippen molar-refractivity contribution < 1.29 is 70.7 Å². The van der Waals surface area contributed by atoms with Gasteiger partial charge in [0.15, 0.2) is 11.5 Å². The van der Waals surface area contributed by atoms with E-state index in [1.165, 1.54) is 0 Å². The van der Waals surface area contributed by atoms with Gasteiger partial charge in [-0.25, -0.2) is 13.7 Å². The summed E-state index contributed by atoms with van der Waals surface area (Å²) in [5.74, 6) is -1.16. The van der Waals surface area contributed by atoms with Gasteiger partial charge < -0.3 is 44.8 Å². The molecule has 1 aromatic rings. The van der Waals surface area contributed by atoms with Gasteiger partial charge in [-0.15, -0.1) is 0 Å². The van der Waals surface area contributed by atoms with Crippen LogP contribution in [0, 0.1) is 0 Å². The number of aromatic nitrogens is 1. The Morgan fingerprint density at radius 1 is 1.10 bits per heavy atom. The lowest BCUT2D eigenvalue weighted by atomic mass is 10.1. The number of nitrogens with two attached hydrogens (primary N) is 1. The highest BCUT2D eigenvalue weighted by Gasteiger charge is 2.47. The number of carbonyl (C=O) groups excluding carboxylic acids is 1. The van der Waals surface area contributed by atoms with Crippen molar-refractivity contribution in [1.82, 2.24) is 5.16 Å². The van der Waals surface area contributed by atoms with E-state index in [1.54, 1.807) is 0 Å². The van der Waals surface area contributed by atoms with Crippen LogP contribution in [0.15, 0.2) is 10.6 Å². The Hall–Kier alpha value is -1.03. The summed E-state index contributed by atoms with van der Waals surface area (Å²) in [5.41, 5.74) is 4.69. The summed E-state index contributed by atoms with van der Waals surface area (Å²) < 4.78 is 54.7. The van der Waals surface area contributed by atoms with Crippen LogP contribution >= 0.6 is 23.5 Å². The molecule has 0 spiro atoms. The number of aliphatic hydroxyl groups excluding tert-OH is 2. The van der Waals surface area contributed by atoms with E-state index in [0.717, 1.165) is 6.07 Å². The quantitative estimate of drug-likeness (QED) is 0.192. The molecule has 20 heteroatoms. The van der Waals surface area contributed by atoms with Crippen LogP contribution in [-0.4, -0.2) is 65.8 Å². The predicted molar refractivity (Wildman–Crippen MR) is 84.5 cm³/mol. The molecule has 6 atom stereocenters. The SMILES string of the molecule is NC(=O)c1cc([C@@H]2O[C@H](COP(=O)(O)OP(=O)(O)OP(=O)(O)O)[C@@H](O)[C@H]2O)on1. The molecule has 2 heterocycles. The van der Waals surface area contributed by atoms with Crippen LogP contribution in [0.2, 0.25) is 0 Å². The average Bonchev–Trinajstić information content (AvgIpc) is 3.09. The normalized spacial score (nSPS) is 29.3. The summed E-state index contributed by atoms with van der Waals surface area (Å²) in [7, 11) is -16.7. The fourth-order valence-electron chi connectivity index (χ4n) is 2.13. The molecule has 0 saturated carbocycles.